The fourth-order valence-corrected chi connectivity index (χ4v) is 2.73. The molecule has 0 saturated carbocycles. The first-order valence-electron chi connectivity index (χ1n) is 8.37. The van der Waals surface area contributed by atoms with E-state index >= 15 is 0 Å². The molecule has 2 rings (SSSR count). The number of aryl methyl sites for hydroxylation is 1. The van der Waals surface area contributed by atoms with Crippen molar-refractivity contribution in [2.24, 2.45) is 5.92 Å². The topological polar surface area (TPSA) is 58.2 Å². The number of carbonyl (C=O) groups excluding carboxylic acids is 2. The molecule has 5 heteroatoms. The van der Waals surface area contributed by atoms with Gasteiger partial charge in [0.2, 0.25) is 5.91 Å². The van der Waals surface area contributed by atoms with Crippen LogP contribution in [-0.2, 0) is 11.2 Å². The average molecular weight is 403 g/mol. The molecule has 0 unspecified atom stereocenters. The van der Waals surface area contributed by atoms with Gasteiger partial charge in [0.15, 0.2) is 0 Å². The van der Waals surface area contributed by atoms with Crippen molar-refractivity contribution in [3.63, 3.8) is 0 Å². The molecular weight excluding hydrogens is 380 g/mol. The number of hydrogen-bond donors (Lipinski definition) is 2. The first-order valence-corrected chi connectivity index (χ1v) is 9.16. The van der Waals surface area contributed by atoms with Crippen molar-refractivity contribution >= 4 is 33.4 Å². The van der Waals surface area contributed by atoms with Gasteiger partial charge in [0.05, 0.1) is 5.56 Å². The number of rotatable bonds is 7. The van der Waals surface area contributed by atoms with Crippen LogP contribution < -0.4 is 10.6 Å². The van der Waals surface area contributed by atoms with E-state index < -0.39 is 0 Å². The molecular formula is C20H23BrN2O2. The summed E-state index contributed by atoms with van der Waals surface area (Å²) in [5, 5.41) is 5.79. The first-order chi connectivity index (χ1) is 12.0. The Morgan fingerprint density at radius 3 is 2.36 bits per heavy atom. The molecule has 4 nitrogen and oxygen atoms in total. The maximum absolute atomic E-state index is 12.3. The van der Waals surface area contributed by atoms with Gasteiger partial charge in [0.1, 0.15) is 0 Å². The van der Waals surface area contributed by atoms with Crippen LogP contribution in [0.2, 0.25) is 0 Å². The number of halogens is 1. The summed E-state index contributed by atoms with van der Waals surface area (Å²) < 4.78 is 0.761. The lowest BCUT2D eigenvalue weighted by atomic mass is 10.1. The van der Waals surface area contributed by atoms with Crippen LogP contribution in [0.25, 0.3) is 0 Å². The zero-order valence-corrected chi connectivity index (χ0v) is 16.1. The van der Waals surface area contributed by atoms with Crippen molar-refractivity contribution in [1.29, 1.82) is 0 Å². The van der Waals surface area contributed by atoms with Gasteiger partial charge < -0.3 is 10.6 Å². The number of carbonyl (C=O) groups is 2. The number of amides is 2. The van der Waals surface area contributed by atoms with E-state index in [9.17, 15) is 9.59 Å². The molecule has 0 aliphatic carbocycles. The van der Waals surface area contributed by atoms with Gasteiger partial charge in [-0.15, -0.1) is 0 Å². The lowest BCUT2D eigenvalue weighted by molar-refractivity contribution is -0.121. The molecule has 2 aromatic carbocycles. The summed E-state index contributed by atoms with van der Waals surface area (Å²) >= 11 is 3.38. The summed E-state index contributed by atoms with van der Waals surface area (Å²) in [4.78, 5) is 24.0. The summed E-state index contributed by atoms with van der Waals surface area (Å²) in [6.45, 7) is 4.85. The highest BCUT2D eigenvalue weighted by molar-refractivity contribution is 9.10. The summed E-state index contributed by atoms with van der Waals surface area (Å²) in [7, 11) is 0. The third-order valence-corrected chi connectivity index (χ3v) is 4.37. The molecule has 0 aliphatic rings. The predicted molar refractivity (Wildman–Crippen MR) is 105 cm³/mol. The molecule has 2 aromatic rings. The predicted octanol–water partition coefficient (Wildman–Crippen LogP) is 4.41. The van der Waals surface area contributed by atoms with E-state index in [0.717, 1.165) is 15.7 Å². The van der Waals surface area contributed by atoms with Crippen LogP contribution >= 0.6 is 15.9 Å². The Balaban J connectivity index is 1.86. The number of anilines is 1. The molecule has 2 amide bonds. The highest BCUT2D eigenvalue weighted by atomic mass is 79.9. The SMILES string of the molecule is CC(C)CNC(=O)CCc1ccc(NC(=O)c2ccccc2Br)cc1. The fraction of sp³-hybridized carbons (Fsp3) is 0.300. The molecule has 0 saturated heterocycles. The van der Waals surface area contributed by atoms with Gasteiger partial charge >= 0.3 is 0 Å². The van der Waals surface area contributed by atoms with E-state index in [1.807, 2.05) is 42.5 Å². The van der Waals surface area contributed by atoms with E-state index in [1.165, 1.54) is 0 Å². The van der Waals surface area contributed by atoms with Gasteiger partial charge in [-0.25, -0.2) is 0 Å². The molecule has 0 heterocycles. The molecule has 2 N–H and O–H groups in total. The monoisotopic (exact) mass is 402 g/mol. The number of benzene rings is 2. The van der Waals surface area contributed by atoms with Crippen LogP contribution in [0, 0.1) is 5.92 Å². The van der Waals surface area contributed by atoms with Crippen LogP contribution in [0.5, 0.6) is 0 Å². The second-order valence-electron chi connectivity index (χ2n) is 6.33. The minimum atomic E-state index is -0.159. The third kappa shape index (κ3) is 6.35. The van der Waals surface area contributed by atoms with E-state index in [1.54, 1.807) is 6.07 Å². The minimum absolute atomic E-state index is 0.0695. The second-order valence-corrected chi connectivity index (χ2v) is 7.18. The molecule has 0 aromatic heterocycles. The zero-order chi connectivity index (χ0) is 18.2. The number of nitrogens with one attached hydrogen (secondary N) is 2. The Bertz CT molecular complexity index is 727. The highest BCUT2D eigenvalue weighted by Crippen LogP contribution is 2.18. The van der Waals surface area contributed by atoms with Gasteiger partial charge in [-0.05, 0) is 58.1 Å². The molecule has 132 valence electrons. The maximum atomic E-state index is 12.3. The van der Waals surface area contributed by atoms with Crippen LogP contribution in [0.1, 0.15) is 36.2 Å². The van der Waals surface area contributed by atoms with E-state index in [4.69, 9.17) is 0 Å². The Labute approximate surface area is 157 Å². The standard InChI is InChI=1S/C20H23BrN2O2/c1-14(2)13-22-19(24)12-9-15-7-10-16(11-8-15)23-20(25)17-5-3-4-6-18(17)21/h3-8,10-11,14H,9,12-13H2,1-2H3,(H,22,24)(H,23,25). The minimum Gasteiger partial charge on any atom is -0.356 e. The summed E-state index contributed by atoms with van der Waals surface area (Å²) in [5.41, 5.74) is 2.39. The molecule has 0 aliphatic heterocycles. The normalized spacial score (nSPS) is 10.6. The molecule has 0 radical (unpaired) electrons. The van der Waals surface area contributed by atoms with Crippen molar-refractivity contribution in [3.8, 4) is 0 Å². The maximum Gasteiger partial charge on any atom is 0.256 e. The Morgan fingerprint density at radius 1 is 1.04 bits per heavy atom. The molecule has 0 spiro atoms. The fourth-order valence-electron chi connectivity index (χ4n) is 2.26. The molecule has 0 fully saturated rings. The Morgan fingerprint density at radius 2 is 1.72 bits per heavy atom. The van der Waals surface area contributed by atoms with Crippen LogP contribution in [0.15, 0.2) is 53.0 Å². The molecule has 0 atom stereocenters. The van der Waals surface area contributed by atoms with Crippen molar-refractivity contribution in [2.75, 3.05) is 11.9 Å². The largest absolute Gasteiger partial charge is 0.356 e. The van der Waals surface area contributed by atoms with Gasteiger partial charge in [0, 0.05) is 23.1 Å². The first kappa shape index (κ1) is 19.2. The van der Waals surface area contributed by atoms with Crippen LogP contribution in [-0.4, -0.2) is 18.4 Å². The van der Waals surface area contributed by atoms with E-state index in [0.29, 0.717) is 30.9 Å². The molecule has 0 bridgehead atoms. The Hall–Kier alpha value is -2.14. The highest BCUT2D eigenvalue weighted by Gasteiger charge is 2.09. The Kier molecular flexibility index (Phi) is 7.19. The number of hydrogen-bond acceptors (Lipinski definition) is 2. The van der Waals surface area contributed by atoms with Crippen molar-refractivity contribution in [3.05, 3.63) is 64.1 Å². The smallest absolute Gasteiger partial charge is 0.256 e. The third-order valence-electron chi connectivity index (χ3n) is 3.68. The lowest BCUT2D eigenvalue weighted by Gasteiger charge is -2.09. The quantitative estimate of drug-likeness (QED) is 0.720. The van der Waals surface area contributed by atoms with Gasteiger partial charge in [-0.3, -0.25) is 9.59 Å². The lowest BCUT2D eigenvalue weighted by Crippen LogP contribution is -2.27. The average Bonchev–Trinajstić information content (AvgIpc) is 2.59. The summed E-state index contributed by atoms with van der Waals surface area (Å²) in [6, 6.07) is 14.9. The summed E-state index contributed by atoms with van der Waals surface area (Å²) in [5.74, 6) is 0.366. The van der Waals surface area contributed by atoms with Gasteiger partial charge in [-0.2, -0.15) is 0 Å². The van der Waals surface area contributed by atoms with Crippen LogP contribution in [0.4, 0.5) is 5.69 Å². The van der Waals surface area contributed by atoms with Gasteiger partial charge in [-0.1, -0.05) is 38.1 Å². The van der Waals surface area contributed by atoms with Crippen LogP contribution in [0.3, 0.4) is 0 Å². The molecule has 25 heavy (non-hydrogen) atoms. The van der Waals surface area contributed by atoms with Crippen molar-refractivity contribution in [1.82, 2.24) is 5.32 Å². The van der Waals surface area contributed by atoms with Gasteiger partial charge in [0.25, 0.3) is 5.91 Å². The van der Waals surface area contributed by atoms with Crippen molar-refractivity contribution in [2.45, 2.75) is 26.7 Å². The zero-order valence-electron chi connectivity index (χ0n) is 14.5. The van der Waals surface area contributed by atoms with E-state index in [-0.39, 0.29) is 11.8 Å². The van der Waals surface area contributed by atoms with E-state index in [2.05, 4.69) is 40.4 Å². The van der Waals surface area contributed by atoms with Crippen molar-refractivity contribution < 1.29 is 9.59 Å². The summed E-state index contributed by atoms with van der Waals surface area (Å²) in [6.07, 6.45) is 1.15. The second kappa shape index (κ2) is 9.37.